The van der Waals surface area contributed by atoms with Crippen molar-refractivity contribution >= 4 is 16.7 Å². The van der Waals surface area contributed by atoms with Crippen molar-refractivity contribution in [3.05, 3.63) is 65.9 Å². The molecule has 30 heavy (non-hydrogen) atoms. The van der Waals surface area contributed by atoms with Crippen LogP contribution in [0.1, 0.15) is 28.9 Å². The third-order valence-electron chi connectivity index (χ3n) is 6.45. The number of rotatable bonds is 7. The number of H-pyrrole nitrogens is 1. The Morgan fingerprint density at radius 1 is 1.10 bits per heavy atom. The lowest BCUT2D eigenvalue weighted by molar-refractivity contribution is -1.03. The van der Waals surface area contributed by atoms with Gasteiger partial charge < -0.3 is 24.6 Å². The number of piperazine rings is 1. The van der Waals surface area contributed by atoms with Crippen molar-refractivity contribution in [2.24, 2.45) is 0 Å². The molecule has 0 saturated carbocycles. The van der Waals surface area contributed by atoms with E-state index in [9.17, 15) is 9.90 Å². The summed E-state index contributed by atoms with van der Waals surface area (Å²) in [5.74, 6) is 0.538. The van der Waals surface area contributed by atoms with Gasteiger partial charge in [-0.05, 0) is 37.3 Å². The smallest absolute Gasteiger partial charge is 0.199 e. The van der Waals surface area contributed by atoms with Gasteiger partial charge in [0, 0.05) is 28.2 Å². The number of hydrogen-bond donors (Lipinski definition) is 4. The number of benzene rings is 2. The number of carbonyl (C=O) groups excluding carboxylic acids is 1. The molecule has 1 aliphatic heterocycles. The van der Waals surface area contributed by atoms with Crippen molar-refractivity contribution in [1.29, 1.82) is 0 Å². The van der Waals surface area contributed by atoms with Crippen LogP contribution in [-0.2, 0) is 0 Å². The molecule has 2 heterocycles. The van der Waals surface area contributed by atoms with Crippen LogP contribution in [0.5, 0.6) is 5.75 Å². The summed E-state index contributed by atoms with van der Waals surface area (Å²) in [5, 5.41) is 12.2. The Morgan fingerprint density at radius 3 is 2.47 bits per heavy atom. The zero-order valence-corrected chi connectivity index (χ0v) is 17.7. The predicted molar refractivity (Wildman–Crippen MR) is 116 cm³/mol. The minimum atomic E-state index is -1.12. The van der Waals surface area contributed by atoms with E-state index in [1.54, 1.807) is 18.2 Å². The lowest BCUT2D eigenvalue weighted by atomic mass is 9.93. The van der Waals surface area contributed by atoms with E-state index in [1.807, 2.05) is 48.5 Å². The first kappa shape index (κ1) is 20.6. The zero-order valence-electron chi connectivity index (χ0n) is 17.7. The van der Waals surface area contributed by atoms with Crippen LogP contribution in [0.25, 0.3) is 10.9 Å². The van der Waals surface area contributed by atoms with Crippen LogP contribution in [-0.4, -0.2) is 61.8 Å². The molecule has 3 aromatic rings. The van der Waals surface area contributed by atoms with E-state index in [0.717, 1.165) is 54.9 Å². The number of ketones is 1. The molecule has 0 spiro atoms. The third kappa shape index (κ3) is 3.99. The molecule has 2 atom stereocenters. The van der Waals surface area contributed by atoms with Crippen LogP contribution >= 0.6 is 0 Å². The number of Topliss-reactive ketones (excluding diaryl/α,β-unsaturated/α-hetero) is 1. The molecular formula is C24H31N3O3+2. The number of para-hydroxylation sites is 1. The molecule has 6 nitrogen and oxygen atoms in total. The summed E-state index contributed by atoms with van der Waals surface area (Å²) < 4.78 is 5.29. The van der Waals surface area contributed by atoms with Gasteiger partial charge in [0.05, 0.1) is 13.7 Å². The summed E-state index contributed by atoms with van der Waals surface area (Å²) in [5.41, 5.74) is 2.42. The maximum absolute atomic E-state index is 13.4. The average molecular weight is 410 g/mol. The number of quaternary nitrogens is 2. The van der Waals surface area contributed by atoms with E-state index < -0.39 is 6.10 Å². The van der Waals surface area contributed by atoms with Crippen LogP contribution < -0.4 is 14.5 Å². The minimum Gasteiger partial charge on any atom is -0.497 e. The molecule has 1 saturated heterocycles. The molecule has 1 fully saturated rings. The van der Waals surface area contributed by atoms with Crippen molar-refractivity contribution in [2.45, 2.75) is 19.1 Å². The van der Waals surface area contributed by atoms with E-state index in [-0.39, 0.29) is 11.8 Å². The monoisotopic (exact) mass is 409 g/mol. The first-order valence-corrected chi connectivity index (χ1v) is 10.7. The molecule has 4 rings (SSSR count). The Kier molecular flexibility index (Phi) is 6.18. The van der Waals surface area contributed by atoms with Crippen LogP contribution in [0.2, 0.25) is 0 Å². The van der Waals surface area contributed by atoms with Crippen molar-refractivity contribution in [3.63, 3.8) is 0 Å². The van der Waals surface area contributed by atoms with Gasteiger partial charge in [0.25, 0.3) is 0 Å². The van der Waals surface area contributed by atoms with Crippen molar-refractivity contribution in [3.8, 4) is 5.75 Å². The Morgan fingerprint density at radius 2 is 1.80 bits per heavy atom. The fraction of sp³-hybridized carbons (Fsp3) is 0.375. The third-order valence-corrected chi connectivity index (χ3v) is 6.45. The highest BCUT2D eigenvalue weighted by Crippen LogP contribution is 2.24. The second-order valence-corrected chi connectivity index (χ2v) is 8.07. The highest BCUT2D eigenvalue weighted by Gasteiger charge is 2.39. The summed E-state index contributed by atoms with van der Waals surface area (Å²) >= 11 is 0. The Hall–Kier alpha value is -2.67. The SMILES string of the molecule is CC[NH+]1CC[NH+]([C@H](c2ccc(OC)cc2)[C@@H](O)C(=O)c2c[nH]c3ccccc23)CC1. The Balaban J connectivity index is 1.66. The van der Waals surface area contributed by atoms with Crippen molar-refractivity contribution in [2.75, 3.05) is 39.8 Å². The van der Waals surface area contributed by atoms with Crippen LogP contribution in [0, 0.1) is 0 Å². The van der Waals surface area contributed by atoms with Crippen molar-refractivity contribution in [1.82, 2.24) is 4.98 Å². The zero-order chi connectivity index (χ0) is 21.1. The number of methoxy groups -OCH3 is 1. The number of likely N-dealkylation sites (N-methyl/N-ethyl adjacent to an activating group) is 1. The second-order valence-electron chi connectivity index (χ2n) is 8.07. The molecule has 1 aromatic heterocycles. The van der Waals surface area contributed by atoms with Gasteiger partial charge in [-0.15, -0.1) is 0 Å². The normalized spacial score (nSPS) is 21.3. The topological polar surface area (TPSA) is 71.2 Å². The number of aromatic nitrogens is 1. The number of aliphatic hydroxyl groups excluding tert-OH is 1. The summed E-state index contributed by atoms with van der Waals surface area (Å²) in [4.78, 5) is 19.4. The summed E-state index contributed by atoms with van der Waals surface area (Å²) in [6, 6.07) is 15.2. The number of hydrogen-bond acceptors (Lipinski definition) is 3. The maximum atomic E-state index is 13.4. The molecule has 0 amide bonds. The lowest BCUT2D eigenvalue weighted by Gasteiger charge is -2.36. The fourth-order valence-electron chi connectivity index (χ4n) is 4.63. The molecule has 6 heteroatoms. The van der Waals surface area contributed by atoms with Crippen LogP contribution in [0.3, 0.4) is 0 Å². The first-order chi connectivity index (χ1) is 14.6. The molecular weight excluding hydrogens is 378 g/mol. The van der Waals surface area contributed by atoms with Gasteiger partial charge in [-0.25, -0.2) is 0 Å². The molecule has 0 radical (unpaired) electrons. The predicted octanol–water partition coefficient (Wildman–Crippen LogP) is 0.265. The van der Waals surface area contributed by atoms with Gasteiger partial charge in [0.1, 0.15) is 38.0 Å². The summed E-state index contributed by atoms with van der Waals surface area (Å²) in [6.07, 6.45) is 0.603. The maximum Gasteiger partial charge on any atom is 0.199 e. The molecule has 0 unspecified atom stereocenters. The van der Waals surface area contributed by atoms with Gasteiger partial charge >= 0.3 is 0 Å². The van der Waals surface area contributed by atoms with Gasteiger partial charge in [0.2, 0.25) is 0 Å². The standard InChI is InChI=1S/C24H29N3O3/c1-3-26-12-14-27(15-13-26)22(17-8-10-18(30-2)11-9-17)24(29)23(28)20-16-25-21-7-5-4-6-19(20)21/h4-11,16,22,24-25,29H,3,12-15H2,1-2H3/p+2/t22-,24-/m1/s1. The van der Waals surface area contributed by atoms with Gasteiger partial charge in [-0.3, -0.25) is 4.79 Å². The summed E-state index contributed by atoms with van der Waals surface area (Å²) in [7, 11) is 1.64. The Labute approximate surface area is 177 Å². The van der Waals surface area contributed by atoms with Crippen LogP contribution in [0.4, 0.5) is 0 Å². The molecule has 158 valence electrons. The number of fused-ring (bicyclic) bond motifs is 1. The molecule has 2 aromatic carbocycles. The highest BCUT2D eigenvalue weighted by atomic mass is 16.5. The number of carbonyl (C=O) groups is 1. The van der Waals surface area contributed by atoms with Gasteiger partial charge in [0.15, 0.2) is 11.9 Å². The van der Waals surface area contributed by atoms with Crippen molar-refractivity contribution < 1.29 is 24.4 Å². The quantitative estimate of drug-likeness (QED) is 0.423. The second kappa shape index (κ2) is 9.00. The first-order valence-electron chi connectivity index (χ1n) is 10.7. The van der Waals surface area contributed by atoms with E-state index in [0.29, 0.717) is 5.56 Å². The van der Waals surface area contributed by atoms with Gasteiger partial charge in [-0.2, -0.15) is 0 Å². The van der Waals surface area contributed by atoms with E-state index in [1.165, 1.54) is 4.90 Å². The number of nitrogens with one attached hydrogen (secondary N) is 3. The Bertz CT molecular complexity index is 990. The number of ether oxygens (including phenoxy) is 1. The molecule has 1 aliphatic rings. The lowest BCUT2D eigenvalue weighted by Crippen LogP contribution is -3.28. The van der Waals surface area contributed by atoms with E-state index in [4.69, 9.17) is 4.74 Å². The van der Waals surface area contributed by atoms with Crippen LogP contribution in [0.15, 0.2) is 54.7 Å². The fourth-order valence-corrected chi connectivity index (χ4v) is 4.63. The molecule has 0 aliphatic carbocycles. The minimum absolute atomic E-state index is 0.231. The average Bonchev–Trinajstić information content (AvgIpc) is 3.24. The van der Waals surface area contributed by atoms with E-state index in [2.05, 4.69) is 11.9 Å². The molecule has 0 bridgehead atoms. The van der Waals surface area contributed by atoms with Gasteiger partial charge in [-0.1, -0.05) is 18.2 Å². The number of aliphatic hydroxyl groups is 1. The largest absolute Gasteiger partial charge is 0.497 e. The summed E-state index contributed by atoms with van der Waals surface area (Å²) in [6.45, 7) is 7.27. The molecule has 4 N–H and O–H groups in total. The van der Waals surface area contributed by atoms with E-state index >= 15 is 0 Å². The number of aromatic amines is 1. The highest BCUT2D eigenvalue weighted by molar-refractivity contribution is 6.10.